The highest BCUT2D eigenvalue weighted by molar-refractivity contribution is 7.13. The van der Waals surface area contributed by atoms with Gasteiger partial charge >= 0.3 is 5.97 Å². The molecule has 10 heteroatoms. The maximum atomic E-state index is 13.9. The molecule has 6 rings (SSSR count). The standard InChI is InChI=1S/C39H49N3O6S/c1-22(2)31-21-49-37(41-31)30-19-33(29-15-16-32(47-5)24(4)34(29)40-30)48-28-17-25-13-14-26(18-28)36(44)42-39(38(45)46)20-27(39)12-10-8-6-7-9-11-23(3)35(25)43/h10,12,15-16,19,21-23,25-28H,6-9,11,13-14,17-18,20H2,1-5H3,(H,42,44)(H,45,46). The van der Waals surface area contributed by atoms with E-state index < -0.39 is 23.5 Å². The molecule has 2 aliphatic carbocycles. The highest BCUT2D eigenvalue weighted by Crippen LogP contribution is 2.46. The van der Waals surface area contributed by atoms with Gasteiger partial charge in [0.25, 0.3) is 0 Å². The lowest BCUT2D eigenvalue weighted by Crippen LogP contribution is -2.47. The zero-order chi connectivity index (χ0) is 34.9. The maximum Gasteiger partial charge on any atom is 0.330 e. The molecule has 3 aromatic rings. The zero-order valence-electron chi connectivity index (χ0n) is 29.3. The second-order valence-corrected chi connectivity index (χ2v) is 15.5. The number of rotatable bonds is 6. The van der Waals surface area contributed by atoms with Crippen LogP contribution in [0, 0.1) is 30.6 Å². The van der Waals surface area contributed by atoms with Crippen LogP contribution in [0.15, 0.2) is 35.7 Å². The molecule has 2 N–H and O–H groups in total. The molecule has 0 spiro atoms. The molecule has 3 aliphatic rings. The van der Waals surface area contributed by atoms with E-state index in [4.69, 9.17) is 19.4 Å². The number of carbonyl (C=O) groups is 3. The van der Waals surface area contributed by atoms with Gasteiger partial charge in [0.15, 0.2) is 0 Å². The third kappa shape index (κ3) is 7.39. The Balaban J connectivity index is 1.37. The number of ketones is 1. The van der Waals surface area contributed by atoms with E-state index in [2.05, 4.69) is 30.6 Å². The van der Waals surface area contributed by atoms with E-state index in [1.165, 1.54) is 0 Å². The Morgan fingerprint density at radius 1 is 1.06 bits per heavy atom. The molecule has 0 saturated heterocycles. The molecule has 6 atom stereocenters. The minimum Gasteiger partial charge on any atom is -0.496 e. The number of hydrogen-bond donors (Lipinski definition) is 2. The Labute approximate surface area is 292 Å². The maximum absolute atomic E-state index is 13.9. The summed E-state index contributed by atoms with van der Waals surface area (Å²) in [6.45, 7) is 8.23. The summed E-state index contributed by atoms with van der Waals surface area (Å²) in [6.07, 6.45) is 10.6. The minimum atomic E-state index is -1.27. The van der Waals surface area contributed by atoms with Gasteiger partial charge in [0.1, 0.15) is 39.6 Å². The normalized spacial score (nSPS) is 28.1. The number of aromatic nitrogens is 2. The molecule has 1 aromatic carbocycles. The second kappa shape index (κ2) is 14.6. The number of Topliss-reactive ketones (excluding diaryl/α,β-unsaturated/α-hetero) is 1. The number of nitrogens with one attached hydrogen (secondary N) is 1. The van der Waals surface area contributed by atoms with Crippen LogP contribution in [0.1, 0.15) is 102 Å². The number of hydrogen-bond acceptors (Lipinski definition) is 8. The van der Waals surface area contributed by atoms with E-state index in [1.807, 2.05) is 38.1 Å². The van der Waals surface area contributed by atoms with Gasteiger partial charge in [0.2, 0.25) is 5.91 Å². The first-order valence-electron chi connectivity index (χ1n) is 17.9. The predicted molar refractivity (Wildman–Crippen MR) is 191 cm³/mol. The number of ether oxygens (including phenoxy) is 2. The molecular formula is C39H49N3O6S. The van der Waals surface area contributed by atoms with Crippen molar-refractivity contribution >= 4 is 39.9 Å². The lowest BCUT2D eigenvalue weighted by molar-refractivity contribution is -0.144. The summed E-state index contributed by atoms with van der Waals surface area (Å²) in [4.78, 5) is 50.2. The van der Waals surface area contributed by atoms with Gasteiger partial charge in [-0.1, -0.05) is 45.8 Å². The van der Waals surface area contributed by atoms with E-state index in [0.717, 1.165) is 65.0 Å². The summed E-state index contributed by atoms with van der Waals surface area (Å²) < 4.78 is 12.6. The first-order valence-corrected chi connectivity index (χ1v) is 18.7. The van der Waals surface area contributed by atoms with Gasteiger partial charge < -0.3 is 19.9 Å². The Bertz CT molecular complexity index is 1750. The van der Waals surface area contributed by atoms with Gasteiger partial charge in [0.05, 0.1) is 18.3 Å². The van der Waals surface area contributed by atoms with Crippen LogP contribution in [-0.4, -0.2) is 51.5 Å². The molecule has 1 amide bonds. The van der Waals surface area contributed by atoms with Crippen LogP contribution in [0.3, 0.4) is 0 Å². The fourth-order valence-electron chi connectivity index (χ4n) is 7.60. The van der Waals surface area contributed by atoms with E-state index in [-0.39, 0.29) is 35.4 Å². The number of fused-ring (bicyclic) bond motifs is 5. The average molecular weight is 688 g/mol. The molecule has 9 nitrogen and oxygen atoms in total. The highest BCUT2D eigenvalue weighted by Gasteiger charge is 2.60. The number of carboxylic acid groups (broad SMARTS) is 1. The van der Waals surface area contributed by atoms with Crippen LogP contribution < -0.4 is 14.8 Å². The Morgan fingerprint density at radius 2 is 1.84 bits per heavy atom. The third-order valence-corrected chi connectivity index (χ3v) is 11.7. The number of amides is 1. The number of nitrogens with zero attached hydrogens (tertiary/aromatic N) is 2. The van der Waals surface area contributed by atoms with Crippen LogP contribution in [0.25, 0.3) is 21.6 Å². The average Bonchev–Trinajstić information content (AvgIpc) is 3.62. The molecular weight excluding hydrogens is 639 g/mol. The van der Waals surface area contributed by atoms with Gasteiger partial charge in [0, 0.05) is 46.1 Å². The second-order valence-electron chi connectivity index (χ2n) is 14.7. The monoisotopic (exact) mass is 687 g/mol. The molecule has 49 heavy (non-hydrogen) atoms. The number of pyridine rings is 1. The minimum absolute atomic E-state index is 0.0753. The van der Waals surface area contributed by atoms with Gasteiger partial charge in [-0.05, 0) is 76.3 Å². The lowest BCUT2D eigenvalue weighted by Gasteiger charge is -2.25. The van der Waals surface area contributed by atoms with E-state index in [1.54, 1.807) is 18.4 Å². The van der Waals surface area contributed by atoms with E-state index in [0.29, 0.717) is 43.5 Å². The molecule has 3 heterocycles. The summed E-state index contributed by atoms with van der Waals surface area (Å²) in [7, 11) is 1.64. The van der Waals surface area contributed by atoms with Crippen LogP contribution in [-0.2, 0) is 14.4 Å². The molecule has 0 radical (unpaired) electrons. The van der Waals surface area contributed by atoms with Crippen molar-refractivity contribution in [2.75, 3.05) is 7.11 Å². The van der Waals surface area contributed by atoms with E-state index in [9.17, 15) is 19.5 Å². The van der Waals surface area contributed by atoms with E-state index >= 15 is 0 Å². The van der Waals surface area contributed by atoms with Crippen molar-refractivity contribution in [1.82, 2.24) is 15.3 Å². The van der Waals surface area contributed by atoms with Crippen molar-refractivity contribution in [3.8, 4) is 22.2 Å². The summed E-state index contributed by atoms with van der Waals surface area (Å²) >= 11 is 1.54. The first-order chi connectivity index (χ1) is 23.5. The number of methoxy groups -OCH3 is 1. The van der Waals surface area contributed by atoms with Crippen LogP contribution in [0.5, 0.6) is 11.5 Å². The fourth-order valence-corrected chi connectivity index (χ4v) is 8.54. The molecule has 2 aromatic heterocycles. The fraction of sp³-hybridized carbons (Fsp3) is 0.564. The quantitative estimate of drug-likeness (QED) is 0.249. The predicted octanol–water partition coefficient (Wildman–Crippen LogP) is 8.04. The number of carboxylic acids is 1. The number of allylic oxidation sites excluding steroid dienone is 1. The van der Waals surface area contributed by atoms with Crippen molar-refractivity contribution in [2.45, 2.75) is 109 Å². The number of aliphatic carboxylic acids is 1. The van der Waals surface area contributed by atoms with Crippen LogP contribution in [0.4, 0.5) is 0 Å². The number of thiazole rings is 1. The van der Waals surface area contributed by atoms with Crippen molar-refractivity contribution < 1.29 is 29.0 Å². The summed E-state index contributed by atoms with van der Waals surface area (Å²) in [5.41, 5.74) is 2.04. The van der Waals surface area contributed by atoms with Gasteiger partial charge in [-0.15, -0.1) is 11.3 Å². The smallest absolute Gasteiger partial charge is 0.330 e. The summed E-state index contributed by atoms with van der Waals surface area (Å²) in [5, 5.41) is 16.8. The summed E-state index contributed by atoms with van der Waals surface area (Å²) in [6, 6.07) is 5.78. The zero-order valence-corrected chi connectivity index (χ0v) is 30.1. The van der Waals surface area contributed by atoms with Crippen molar-refractivity contribution in [3.63, 3.8) is 0 Å². The first kappa shape index (κ1) is 35.1. The molecule has 2 fully saturated rings. The van der Waals surface area contributed by atoms with Crippen molar-refractivity contribution in [3.05, 3.63) is 47.0 Å². The van der Waals surface area contributed by atoms with Gasteiger partial charge in [-0.3, -0.25) is 9.59 Å². The molecule has 2 saturated carbocycles. The van der Waals surface area contributed by atoms with Crippen molar-refractivity contribution in [1.29, 1.82) is 0 Å². The Kier molecular flexibility index (Phi) is 10.4. The topological polar surface area (TPSA) is 128 Å². The Morgan fingerprint density at radius 3 is 2.57 bits per heavy atom. The molecule has 262 valence electrons. The number of carbonyl (C=O) groups excluding carboxylic acids is 2. The van der Waals surface area contributed by atoms with Crippen LogP contribution in [0.2, 0.25) is 0 Å². The number of benzene rings is 1. The molecule has 2 bridgehead atoms. The SMILES string of the molecule is COc1ccc2c(OC3CC4CCC(C3)C(=O)C(C)CCCCCC=CC3CC3(C(=O)O)NC4=O)cc(-c3nc(C(C)C)cs3)nc2c1C. The van der Waals surface area contributed by atoms with Crippen molar-refractivity contribution in [2.24, 2.45) is 23.7 Å². The lowest BCUT2D eigenvalue weighted by atomic mass is 9.85. The largest absolute Gasteiger partial charge is 0.496 e. The molecule has 1 aliphatic heterocycles. The third-order valence-electron chi connectivity index (χ3n) is 10.8. The molecule has 6 unspecified atom stereocenters. The Hall–Kier alpha value is -3.79. The van der Waals surface area contributed by atoms with Gasteiger partial charge in [-0.25, -0.2) is 14.8 Å². The highest BCUT2D eigenvalue weighted by atomic mass is 32.1. The number of aryl methyl sites for hydroxylation is 1. The summed E-state index contributed by atoms with van der Waals surface area (Å²) in [5.74, 6) is -0.466. The van der Waals surface area contributed by atoms with Crippen LogP contribution >= 0.6 is 11.3 Å². The van der Waals surface area contributed by atoms with Gasteiger partial charge in [-0.2, -0.15) is 0 Å².